The number of hydrogen-bond donors (Lipinski definition) is 2. The van der Waals surface area contributed by atoms with Gasteiger partial charge < -0.3 is 10.6 Å². The molecular formula is C12H17ClN2O. The first kappa shape index (κ1) is 13.0. The molecule has 0 bridgehead atoms. The Kier molecular flexibility index (Phi) is 5.29. The van der Waals surface area contributed by atoms with Crippen LogP contribution in [0.4, 0.5) is 0 Å². The summed E-state index contributed by atoms with van der Waals surface area (Å²) in [6.45, 7) is 1.69. The van der Waals surface area contributed by atoms with Crippen LogP contribution >= 0.6 is 12.4 Å². The summed E-state index contributed by atoms with van der Waals surface area (Å²) < 4.78 is 0. The molecule has 1 fully saturated rings. The maximum Gasteiger partial charge on any atom is 0.237 e. The number of carbonyl (C=O) groups excluding carboxylic acids is 1. The van der Waals surface area contributed by atoms with Crippen LogP contribution in [0.2, 0.25) is 0 Å². The van der Waals surface area contributed by atoms with Gasteiger partial charge in [0.25, 0.3) is 0 Å². The fourth-order valence-electron chi connectivity index (χ4n) is 1.61. The van der Waals surface area contributed by atoms with E-state index in [9.17, 15) is 4.79 Å². The Morgan fingerprint density at radius 1 is 1.38 bits per heavy atom. The quantitative estimate of drug-likeness (QED) is 0.829. The van der Waals surface area contributed by atoms with Gasteiger partial charge in [-0.05, 0) is 24.9 Å². The highest BCUT2D eigenvalue weighted by Crippen LogP contribution is 2.02. The molecule has 0 aliphatic carbocycles. The maximum atomic E-state index is 11.4. The Hall–Kier alpha value is -1.06. The fraction of sp³-hybridized carbons (Fsp3) is 0.417. The molecule has 0 aromatic heterocycles. The smallest absolute Gasteiger partial charge is 0.237 e. The van der Waals surface area contributed by atoms with E-state index in [1.165, 1.54) is 5.56 Å². The first-order valence-corrected chi connectivity index (χ1v) is 5.41. The van der Waals surface area contributed by atoms with E-state index in [1.807, 2.05) is 18.2 Å². The highest BCUT2D eigenvalue weighted by molar-refractivity contribution is 5.85. The van der Waals surface area contributed by atoms with E-state index in [0.29, 0.717) is 0 Å². The largest absolute Gasteiger partial charge is 0.354 e. The zero-order chi connectivity index (χ0) is 10.5. The second-order valence-corrected chi connectivity index (χ2v) is 3.82. The Bertz CT molecular complexity index is 325. The molecule has 1 heterocycles. The third kappa shape index (κ3) is 3.51. The van der Waals surface area contributed by atoms with Crippen molar-refractivity contribution < 1.29 is 4.79 Å². The molecule has 1 aliphatic rings. The van der Waals surface area contributed by atoms with E-state index in [1.54, 1.807) is 0 Å². The van der Waals surface area contributed by atoms with Gasteiger partial charge in [-0.2, -0.15) is 0 Å². The van der Waals surface area contributed by atoms with Gasteiger partial charge in [0.05, 0.1) is 6.04 Å². The van der Waals surface area contributed by atoms with Crippen LogP contribution in [0, 0.1) is 0 Å². The van der Waals surface area contributed by atoms with E-state index < -0.39 is 0 Å². The second kappa shape index (κ2) is 6.51. The van der Waals surface area contributed by atoms with Gasteiger partial charge in [-0.3, -0.25) is 4.79 Å². The predicted molar refractivity (Wildman–Crippen MR) is 66.8 cm³/mol. The lowest BCUT2D eigenvalue weighted by molar-refractivity contribution is -0.124. The van der Waals surface area contributed by atoms with Gasteiger partial charge in [0.2, 0.25) is 5.91 Å². The van der Waals surface area contributed by atoms with Crippen LogP contribution in [0.1, 0.15) is 12.0 Å². The summed E-state index contributed by atoms with van der Waals surface area (Å²) in [5.41, 5.74) is 1.26. The minimum absolute atomic E-state index is 0. The average Bonchev–Trinajstić information content (AvgIpc) is 2.16. The third-order valence-corrected chi connectivity index (χ3v) is 2.70. The number of nitrogens with one attached hydrogen (secondary N) is 2. The zero-order valence-corrected chi connectivity index (χ0v) is 9.93. The number of halogens is 1. The van der Waals surface area contributed by atoms with Crippen LogP contribution in [0.25, 0.3) is 0 Å². The SMILES string of the molecule is Cl.O=C(NCCc1ccccc1)[C@H]1CCN1. The molecule has 2 N–H and O–H groups in total. The lowest BCUT2D eigenvalue weighted by Gasteiger charge is -2.26. The van der Waals surface area contributed by atoms with Crippen molar-refractivity contribution in [1.82, 2.24) is 10.6 Å². The monoisotopic (exact) mass is 240 g/mol. The van der Waals surface area contributed by atoms with Crippen LogP contribution in [-0.2, 0) is 11.2 Å². The molecule has 16 heavy (non-hydrogen) atoms. The summed E-state index contributed by atoms with van der Waals surface area (Å²) in [4.78, 5) is 11.4. The van der Waals surface area contributed by atoms with E-state index in [0.717, 1.165) is 25.9 Å². The van der Waals surface area contributed by atoms with Crippen LogP contribution < -0.4 is 10.6 Å². The second-order valence-electron chi connectivity index (χ2n) is 3.82. The summed E-state index contributed by atoms with van der Waals surface area (Å²) in [6.07, 6.45) is 1.87. The van der Waals surface area contributed by atoms with Crippen LogP contribution in [0.3, 0.4) is 0 Å². The standard InChI is InChI=1S/C12H16N2O.ClH/c15-12(11-7-9-13-11)14-8-6-10-4-2-1-3-5-10;/h1-5,11,13H,6-9H2,(H,14,15);1H/t11-;/m1./s1. The highest BCUT2D eigenvalue weighted by atomic mass is 35.5. The summed E-state index contributed by atoms with van der Waals surface area (Å²) in [6, 6.07) is 10.2. The lowest BCUT2D eigenvalue weighted by Crippen LogP contribution is -2.53. The zero-order valence-electron chi connectivity index (χ0n) is 9.11. The molecule has 1 aromatic carbocycles. The summed E-state index contributed by atoms with van der Waals surface area (Å²) in [7, 11) is 0. The topological polar surface area (TPSA) is 41.1 Å². The van der Waals surface area contributed by atoms with Gasteiger partial charge in [-0.1, -0.05) is 30.3 Å². The van der Waals surface area contributed by atoms with E-state index in [-0.39, 0.29) is 24.4 Å². The lowest BCUT2D eigenvalue weighted by atomic mass is 10.1. The average molecular weight is 241 g/mol. The van der Waals surface area contributed by atoms with Crippen molar-refractivity contribution in [3.05, 3.63) is 35.9 Å². The molecule has 0 saturated carbocycles. The summed E-state index contributed by atoms with van der Waals surface area (Å²) in [5.74, 6) is 0.136. The minimum atomic E-state index is 0. The molecule has 1 amide bonds. The Morgan fingerprint density at radius 2 is 2.06 bits per heavy atom. The predicted octanol–water partition coefficient (Wildman–Crippen LogP) is 1.13. The molecule has 0 unspecified atom stereocenters. The molecule has 1 atom stereocenters. The van der Waals surface area contributed by atoms with Gasteiger partial charge in [-0.25, -0.2) is 0 Å². The number of benzene rings is 1. The molecule has 3 nitrogen and oxygen atoms in total. The van der Waals surface area contributed by atoms with Crippen LogP contribution in [-0.4, -0.2) is 25.0 Å². The van der Waals surface area contributed by atoms with Crippen molar-refractivity contribution in [3.63, 3.8) is 0 Å². The maximum absolute atomic E-state index is 11.4. The van der Waals surface area contributed by atoms with Crippen molar-refractivity contribution in [2.45, 2.75) is 18.9 Å². The van der Waals surface area contributed by atoms with E-state index in [2.05, 4.69) is 22.8 Å². The van der Waals surface area contributed by atoms with Gasteiger partial charge >= 0.3 is 0 Å². The van der Waals surface area contributed by atoms with E-state index in [4.69, 9.17) is 0 Å². The van der Waals surface area contributed by atoms with Crippen LogP contribution in [0.5, 0.6) is 0 Å². The van der Waals surface area contributed by atoms with Crippen molar-refractivity contribution in [2.75, 3.05) is 13.1 Å². The highest BCUT2D eigenvalue weighted by Gasteiger charge is 2.23. The van der Waals surface area contributed by atoms with Gasteiger partial charge in [0, 0.05) is 6.54 Å². The molecule has 0 radical (unpaired) electrons. The molecule has 4 heteroatoms. The first-order valence-electron chi connectivity index (χ1n) is 5.41. The van der Waals surface area contributed by atoms with Crippen LogP contribution in [0.15, 0.2) is 30.3 Å². The van der Waals surface area contributed by atoms with Crippen molar-refractivity contribution in [2.24, 2.45) is 0 Å². The van der Waals surface area contributed by atoms with E-state index >= 15 is 0 Å². The number of amides is 1. The first-order chi connectivity index (χ1) is 7.36. The normalized spacial score (nSPS) is 18.1. The van der Waals surface area contributed by atoms with Gasteiger partial charge in [-0.15, -0.1) is 12.4 Å². The Labute approximate surface area is 102 Å². The molecule has 1 saturated heterocycles. The molecule has 2 rings (SSSR count). The summed E-state index contributed by atoms with van der Waals surface area (Å²) in [5, 5.41) is 6.01. The molecule has 88 valence electrons. The Balaban J connectivity index is 0.00000128. The Morgan fingerprint density at radius 3 is 2.62 bits per heavy atom. The van der Waals surface area contributed by atoms with Gasteiger partial charge in [0.1, 0.15) is 0 Å². The molecule has 1 aromatic rings. The van der Waals surface area contributed by atoms with Crippen molar-refractivity contribution >= 4 is 18.3 Å². The number of carbonyl (C=O) groups is 1. The molecule has 1 aliphatic heterocycles. The fourth-order valence-corrected chi connectivity index (χ4v) is 1.61. The molecule has 0 spiro atoms. The van der Waals surface area contributed by atoms with Gasteiger partial charge in [0.15, 0.2) is 0 Å². The minimum Gasteiger partial charge on any atom is -0.354 e. The third-order valence-electron chi connectivity index (χ3n) is 2.70. The number of rotatable bonds is 4. The summed E-state index contributed by atoms with van der Waals surface area (Å²) >= 11 is 0. The molecular weight excluding hydrogens is 224 g/mol. The van der Waals surface area contributed by atoms with Crippen molar-refractivity contribution in [1.29, 1.82) is 0 Å². The van der Waals surface area contributed by atoms with Crippen molar-refractivity contribution in [3.8, 4) is 0 Å². The number of hydrogen-bond acceptors (Lipinski definition) is 2.